The van der Waals surface area contributed by atoms with Gasteiger partial charge in [0, 0.05) is 12.1 Å². The zero-order chi connectivity index (χ0) is 15.5. The molecule has 1 N–H and O–H groups in total. The van der Waals surface area contributed by atoms with Gasteiger partial charge in [-0.3, -0.25) is 0 Å². The van der Waals surface area contributed by atoms with Crippen molar-refractivity contribution in [3.05, 3.63) is 0 Å². The molecular weight excluding hydrogens is 258 g/mol. The number of nitrogens with one attached hydrogen (secondary N) is 1. The zero-order valence-electron chi connectivity index (χ0n) is 15.0. The molecule has 2 fully saturated rings. The van der Waals surface area contributed by atoms with Crippen LogP contribution in [0.1, 0.15) is 86.0 Å². The highest BCUT2D eigenvalue weighted by Crippen LogP contribution is 2.39. The third-order valence-electron chi connectivity index (χ3n) is 5.56. The second kappa shape index (κ2) is 7.00. The predicted molar refractivity (Wildman–Crippen MR) is 90.6 cm³/mol. The first-order valence-corrected chi connectivity index (χ1v) is 9.23. The first kappa shape index (κ1) is 17.3. The zero-order valence-corrected chi connectivity index (χ0v) is 15.0. The lowest BCUT2D eigenvalue weighted by Crippen LogP contribution is -2.53. The van der Waals surface area contributed by atoms with Gasteiger partial charge in [-0.15, -0.1) is 0 Å². The average Bonchev–Trinajstić information content (AvgIpc) is 2.42. The number of rotatable bonds is 4. The summed E-state index contributed by atoms with van der Waals surface area (Å²) in [6.45, 7) is 12.6. The van der Waals surface area contributed by atoms with Crippen molar-refractivity contribution in [1.29, 1.82) is 0 Å². The normalized spacial score (nSPS) is 38.4. The van der Waals surface area contributed by atoms with Crippen molar-refractivity contribution < 1.29 is 4.74 Å². The van der Waals surface area contributed by atoms with Crippen molar-refractivity contribution in [2.75, 3.05) is 6.54 Å². The van der Waals surface area contributed by atoms with Gasteiger partial charge in [-0.05, 0) is 71.1 Å². The molecule has 0 bridgehead atoms. The second-order valence-corrected chi connectivity index (χ2v) is 8.89. The van der Waals surface area contributed by atoms with Gasteiger partial charge in [0.1, 0.15) is 0 Å². The van der Waals surface area contributed by atoms with E-state index in [1.165, 1.54) is 51.4 Å². The van der Waals surface area contributed by atoms with Crippen molar-refractivity contribution in [2.24, 2.45) is 11.8 Å². The van der Waals surface area contributed by atoms with E-state index in [4.69, 9.17) is 4.74 Å². The molecule has 0 aromatic carbocycles. The average molecular weight is 296 g/mol. The second-order valence-electron chi connectivity index (χ2n) is 8.89. The van der Waals surface area contributed by atoms with Gasteiger partial charge in [0.2, 0.25) is 0 Å². The highest BCUT2D eigenvalue weighted by Gasteiger charge is 2.39. The molecule has 0 amide bonds. The molecule has 0 aliphatic heterocycles. The van der Waals surface area contributed by atoms with Gasteiger partial charge in [-0.1, -0.05) is 26.7 Å². The number of hydrogen-bond donors (Lipinski definition) is 1. The minimum Gasteiger partial charge on any atom is -0.370 e. The van der Waals surface area contributed by atoms with Crippen LogP contribution < -0.4 is 5.32 Å². The van der Waals surface area contributed by atoms with Crippen molar-refractivity contribution in [1.82, 2.24) is 5.32 Å². The summed E-state index contributed by atoms with van der Waals surface area (Å²) in [6.07, 6.45) is 11.0. The van der Waals surface area contributed by atoms with Gasteiger partial charge in [-0.2, -0.15) is 0 Å². The molecule has 2 atom stereocenters. The molecule has 0 radical (unpaired) electrons. The Morgan fingerprint density at radius 2 is 1.62 bits per heavy atom. The van der Waals surface area contributed by atoms with Crippen LogP contribution in [0.15, 0.2) is 0 Å². The molecule has 0 spiro atoms. The summed E-state index contributed by atoms with van der Waals surface area (Å²) < 4.78 is 6.81. The van der Waals surface area contributed by atoms with Gasteiger partial charge in [0.25, 0.3) is 0 Å². The Morgan fingerprint density at radius 1 is 1.00 bits per heavy atom. The van der Waals surface area contributed by atoms with Crippen molar-refractivity contribution in [3.63, 3.8) is 0 Å². The summed E-state index contributed by atoms with van der Waals surface area (Å²) in [5.41, 5.74) is 0.271. The maximum atomic E-state index is 6.81. The highest BCUT2D eigenvalue weighted by atomic mass is 16.5. The molecular formula is C19H37NO. The van der Waals surface area contributed by atoms with Gasteiger partial charge in [0.05, 0.1) is 11.7 Å². The summed E-state index contributed by atoms with van der Waals surface area (Å²) >= 11 is 0. The van der Waals surface area contributed by atoms with Crippen LogP contribution in [0.3, 0.4) is 0 Å². The lowest BCUT2D eigenvalue weighted by atomic mass is 9.78. The first-order valence-electron chi connectivity index (χ1n) is 9.23. The minimum absolute atomic E-state index is 0.0933. The lowest BCUT2D eigenvalue weighted by Gasteiger charge is -2.45. The monoisotopic (exact) mass is 295 g/mol. The van der Waals surface area contributed by atoms with E-state index in [2.05, 4.69) is 39.9 Å². The van der Waals surface area contributed by atoms with E-state index in [-0.39, 0.29) is 11.1 Å². The first-order chi connectivity index (χ1) is 9.80. The molecule has 21 heavy (non-hydrogen) atoms. The van der Waals surface area contributed by atoms with Crippen LogP contribution in [0, 0.1) is 11.8 Å². The molecule has 2 rings (SSSR count). The molecule has 0 aromatic rings. The fourth-order valence-corrected chi connectivity index (χ4v) is 3.83. The quantitative estimate of drug-likeness (QED) is 0.795. The predicted octanol–water partition coefficient (Wildman–Crippen LogP) is 4.92. The maximum Gasteiger partial charge on any atom is 0.0810 e. The van der Waals surface area contributed by atoms with Crippen LogP contribution >= 0.6 is 0 Å². The maximum absolute atomic E-state index is 6.81. The Labute approximate surface area is 132 Å². The third kappa shape index (κ3) is 5.25. The van der Waals surface area contributed by atoms with E-state index in [1.807, 2.05) is 0 Å². The van der Waals surface area contributed by atoms with E-state index in [0.29, 0.717) is 6.10 Å². The Hall–Kier alpha value is -0.0800. The Morgan fingerprint density at radius 3 is 2.19 bits per heavy atom. The third-order valence-corrected chi connectivity index (χ3v) is 5.56. The molecule has 0 aromatic heterocycles. The summed E-state index contributed by atoms with van der Waals surface area (Å²) in [7, 11) is 0. The van der Waals surface area contributed by atoms with Crippen LogP contribution in [-0.2, 0) is 4.74 Å². The van der Waals surface area contributed by atoms with Gasteiger partial charge >= 0.3 is 0 Å². The van der Waals surface area contributed by atoms with Crippen LogP contribution in [-0.4, -0.2) is 23.8 Å². The molecule has 0 heterocycles. The summed E-state index contributed by atoms with van der Waals surface area (Å²) in [5, 5.41) is 3.73. The fraction of sp³-hybridized carbons (Fsp3) is 1.00. The van der Waals surface area contributed by atoms with Crippen LogP contribution in [0.4, 0.5) is 0 Å². The molecule has 0 saturated heterocycles. The molecule has 2 saturated carbocycles. The van der Waals surface area contributed by atoms with Crippen molar-refractivity contribution >= 4 is 0 Å². The Bertz CT molecular complexity index is 312. The molecule has 2 heteroatoms. The molecule has 2 nitrogen and oxygen atoms in total. The molecule has 2 unspecified atom stereocenters. The van der Waals surface area contributed by atoms with Gasteiger partial charge < -0.3 is 10.1 Å². The van der Waals surface area contributed by atoms with E-state index < -0.39 is 0 Å². The Balaban J connectivity index is 2.00. The number of ether oxygens (including phenoxy) is 1. The topological polar surface area (TPSA) is 21.3 Å². The summed E-state index contributed by atoms with van der Waals surface area (Å²) in [6, 6.07) is 0. The molecule has 2 aliphatic rings. The largest absolute Gasteiger partial charge is 0.370 e. The smallest absolute Gasteiger partial charge is 0.0810 e. The van der Waals surface area contributed by atoms with Crippen LogP contribution in [0.5, 0.6) is 0 Å². The van der Waals surface area contributed by atoms with E-state index >= 15 is 0 Å². The van der Waals surface area contributed by atoms with Crippen molar-refractivity contribution in [2.45, 2.75) is 103 Å². The highest BCUT2D eigenvalue weighted by molar-refractivity contribution is 4.92. The SMILES string of the molecule is CC1CCC(CNC(C)(C)C)(OC2CCCCC2C)CC1. The molecule has 2 aliphatic carbocycles. The van der Waals surface area contributed by atoms with E-state index in [9.17, 15) is 0 Å². The van der Waals surface area contributed by atoms with E-state index in [0.717, 1.165) is 18.4 Å². The van der Waals surface area contributed by atoms with E-state index in [1.54, 1.807) is 0 Å². The Kier molecular flexibility index (Phi) is 5.76. The lowest BCUT2D eigenvalue weighted by molar-refractivity contribution is -0.143. The van der Waals surface area contributed by atoms with Crippen molar-refractivity contribution in [3.8, 4) is 0 Å². The standard InChI is InChI=1S/C19H37NO/c1-15-10-12-19(13-11-15,14-20-18(3,4)5)21-17-9-7-6-8-16(17)2/h15-17,20H,6-14H2,1-5H3. The van der Waals surface area contributed by atoms with Crippen LogP contribution in [0.25, 0.3) is 0 Å². The molecule has 124 valence electrons. The fourth-order valence-electron chi connectivity index (χ4n) is 3.83. The summed E-state index contributed by atoms with van der Waals surface area (Å²) in [5.74, 6) is 1.62. The van der Waals surface area contributed by atoms with Gasteiger partial charge in [0.15, 0.2) is 0 Å². The minimum atomic E-state index is 0.0933. The number of hydrogen-bond acceptors (Lipinski definition) is 2. The van der Waals surface area contributed by atoms with Gasteiger partial charge in [-0.25, -0.2) is 0 Å². The summed E-state index contributed by atoms with van der Waals surface area (Å²) in [4.78, 5) is 0. The van der Waals surface area contributed by atoms with Crippen LogP contribution in [0.2, 0.25) is 0 Å².